The molecule has 1 unspecified atom stereocenters. The highest BCUT2D eigenvalue weighted by Crippen LogP contribution is 2.31. The molecule has 2 heterocycles. The van der Waals surface area contributed by atoms with Crippen LogP contribution >= 0.6 is 0 Å². The van der Waals surface area contributed by atoms with Gasteiger partial charge in [0.25, 0.3) is 0 Å². The third-order valence-electron chi connectivity index (χ3n) is 4.45. The lowest BCUT2D eigenvalue weighted by Gasteiger charge is -2.15. The fraction of sp³-hybridized carbons (Fsp3) is 0.238. The molecule has 0 bridgehead atoms. The number of anilines is 3. The molecule has 1 fully saturated rings. The molecule has 156 valence electrons. The van der Waals surface area contributed by atoms with E-state index in [-0.39, 0.29) is 6.10 Å². The zero-order valence-corrected chi connectivity index (χ0v) is 17.2. The first-order chi connectivity index (χ1) is 14.5. The van der Waals surface area contributed by atoms with E-state index in [1.165, 1.54) is 6.33 Å². The number of hydrogen-bond donors (Lipinski definition) is 2. The van der Waals surface area contributed by atoms with Crippen molar-refractivity contribution in [3.05, 3.63) is 60.9 Å². The molecule has 1 saturated heterocycles. The maximum atomic E-state index is 11.5. The van der Waals surface area contributed by atoms with Crippen LogP contribution in [0.1, 0.15) is 6.42 Å². The summed E-state index contributed by atoms with van der Waals surface area (Å²) in [6, 6.07) is 16.5. The summed E-state index contributed by atoms with van der Waals surface area (Å²) in [5, 5.41) is 3.19. The Labute approximate surface area is 175 Å². The van der Waals surface area contributed by atoms with Gasteiger partial charge in [0.2, 0.25) is 10.0 Å². The van der Waals surface area contributed by atoms with Crippen molar-refractivity contribution in [3.8, 4) is 17.0 Å². The molecule has 8 nitrogen and oxygen atoms in total. The van der Waals surface area contributed by atoms with Gasteiger partial charge < -0.3 is 14.8 Å². The Morgan fingerprint density at radius 3 is 2.70 bits per heavy atom. The minimum Gasteiger partial charge on any atom is -0.487 e. The maximum Gasteiger partial charge on any atom is 0.229 e. The molecule has 4 rings (SSSR count). The van der Waals surface area contributed by atoms with E-state index in [1.54, 1.807) is 18.2 Å². The normalized spacial score (nSPS) is 16.2. The Morgan fingerprint density at radius 2 is 1.90 bits per heavy atom. The minimum atomic E-state index is -3.35. The van der Waals surface area contributed by atoms with Crippen LogP contribution in [0.25, 0.3) is 11.3 Å². The zero-order chi connectivity index (χ0) is 21.0. The fourth-order valence-corrected chi connectivity index (χ4v) is 3.72. The summed E-state index contributed by atoms with van der Waals surface area (Å²) in [7, 11) is -3.35. The van der Waals surface area contributed by atoms with Crippen molar-refractivity contribution in [1.82, 2.24) is 9.97 Å². The Balaban J connectivity index is 1.56. The first kappa shape index (κ1) is 20.1. The number of nitrogens with zero attached hydrogens (tertiary/aromatic N) is 2. The number of hydrogen-bond acceptors (Lipinski definition) is 7. The van der Waals surface area contributed by atoms with Crippen molar-refractivity contribution in [2.24, 2.45) is 0 Å². The van der Waals surface area contributed by atoms with Crippen LogP contribution in [0.5, 0.6) is 5.75 Å². The van der Waals surface area contributed by atoms with Gasteiger partial charge in [0.1, 0.15) is 24.0 Å². The van der Waals surface area contributed by atoms with Crippen LogP contribution in [0.4, 0.5) is 17.2 Å². The number of rotatable bonds is 7. The third-order valence-corrected chi connectivity index (χ3v) is 5.06. The van der Waals surface area contributed by atoms with Crippen LogP contribution < -0.4 is 14.8 Å². The predicted molar refractivity (Wildman–Crippen MR) is 116 cm³/mol. The van der Waals surface area contributed by atoms with E-state index in [1.807, 2.05) is 36.4 Å². The SMILES string of the molecule is CS(=O)(=O)Nc1cccc(Nc2cc(-c3ccccc3OC3CCOC3)ncn2)c1. The molecule has 0 saturated carbocycles. The summed E-state index contributed by atoms with van der Waals surface area (Å²) in [6.07, 6.45) is 3.49. The van der Waals surface area contributed by atoms with E-state index in [0.717, 1.165) is 24.0 Å². The smallest absolute Gasteiger partial charge is 0.229 e. The molecule has 0 amide bonds. The molecular weight excluding hydrogens is 404 g/mol. The number of aromatic nitrogens is 2. The van der Waals surface area contributed by atoms with E-state index >= 15 is 0 Å². The summed E-state index contributed by atoms with van der Waals surface area (Å²) in [4.78, 5) is 8.67. The van der Waals surface area contributed by atoms with Crippen molar-refractivity contribution in [1.29, 1.82) is 0 Å². The number of para-hydroxylation sites is 1. The van der Waals surface area contributed by atoms with Crippen molar-refractivity contribution in [2.45, 2.75) is 12.5 Å². The van der Waals surface area contributed by atoms with Crippen LogP contribution in [-0.2, 0) is 14.8 Å². The van der Waals surface area contributed by atoms with Crippen molar-refractivity contribution >= 4 is 27.2 Å². The van der Waals surface area contributed by atoms with Crippen molar-refractivity contribution in [3.63, 3.8) is 0 Å². The first-order valence-electron chi connectivity index (χ1n) is 9.47. The van der Waals surface area contributed by atoms with Crippen LogP contribution in [-0.4, -0.2) is 44.0 Å². The summed E-state index contributed by atoms with van der Waals surface area (Å²) in [5.74, 6) is 1.33. The second kappa shape index (κ2) is 8.68. The fourth-order valence-electron chi connectivity index (χ4n) is 3.16. The molecular formula is C21H22N4O4S. The van der Waals surface area contributed by atoms with Gasteiger partial charge >= 0.3 is 0 Å². The van der Waals surface area contributed by atoms with E-state index in [4.69, 9.17) is 9.47 Å². The Kier molecular flexibility index (Phi) is 5.82. The monoisotopic (exact) mass is 426 g/mol. The summed E-state index contributed by atoms with van der Waals surface area (Å²) >= 11 is 0. The highest BCUT2D eigenvalue weighted by molar-refractivity contribution is 7.92. The second-order valence-corrected chi connectivity index (χ2v) is 8.72. The molecule has 0 aliphatic carbocycles. The second-order valence-electron chi connectivity index (χ2n) is 6.97. The molecule has 2 aromatic carbocycles. The molecule has 0 radical (unpaired) electrons. The minimum absolute atomic E-state index is 0.0377. The van der Waals surface area contributed by atoms with Crippen molar-refractivity contribution < 1.29 is 17.9 Å². The van der Waals surface area contributed by atoms with Gasteiger partial charge in [0.05, 0.1) is 30.9 Å². The van der Waals surface area contributed by atoms with Gasteiger partial charge in [0.15, 0.2) is 0 Å². The number of benzene rings is 2. The Morgan fingerprint density at radius 1 is 1.07 bits per heavy atom. The summed E-state index contributed by atoms with van der Waals surface area (Å²) in [5.41, 5.74) is 2.74. The topological polar surface area (TPSA) is 102 Å². The van der Waals surface area contributed by atoms with Crippen molar-refractivity contribution in [2.75, 3.05) is 29.5 Å². The van der Waals surface area contributed by atoms with Crippen LogP contribution in [0, 0.1) is 0 Å². The van der Waals surface area contributed by atoms with Crippen LogP contribution in [0.15, 0.2) is 60.9 Å². The van der Waals surface area contributed by atoms with Gasteiger partial charge in [-0.2, -0.15) is 0 Å². The van der Waals surface area contributed by atoms with Gasteiger partial charge in [-0.3, -0.25) is 4.72 Å². The number of nitrogens with one attached hydrogen (secondary N) is 2. The predicted octanol–water partition coefficient (Wildman–Crippen LogP) is 3.43. The molecule has 1 atom stereocenters. The quantitative estimate of drug-likeness (QED) is 0.597. The average Bonchev–Trinajstić information content (AvgIpc) is 3.21. The maximum absolute atomic E-state index is 11.5. The summed E-state index contributed by atoms with van der Waals surface area (Å²) < 4.78 is 36.9. The third kappa shape index (κ3) is 5.25. The molecule has 2 N–H and O–H groups in total. The molecule has 9 heteroatoms. The summed E-state index contributed by atoms with van der Waals surface area (Å²) in [6.45, 7) is 1.30. The van der Waals surface area contributed by atoms with E-state index in [2.05, 4.69) is 20.0 Å². The Hall–Kier alpha value is -3.17. The largest absolute Gasteiger partial charge is 0.487 e. The molecule has 3 aromatic rings. The first-order valence-corrected chi connectivity index (χ1v) is 11.4. The molecule has 1 aliphatic heterocycles. The lowest BCUT2D eigenvalue weighted by atomic mass is 10.1. The van der Waals surface area contributed by atoms with Gasteiger partial charge in [-0.1, -0.05) is 18.2 Å². The van der Waals surface area contributed by atoms with Crippen LogP contribution in [0.2, 0.25) is 0 Å². The van der Waals surface area contributed by atoms with Gasteiger partial charge in [0, 0.05) is 23.7 Å². The molecule has 1 aliphatic rings. The van der Waals surface area contributed by atoms with Crippen LogP contribution in [0.3, 0.4) is 0 Å². The van der Waals surface area contributed by atoms with E-state index < -0.39 is 10.0 Å². The molecule has 0 spiro atoms. The number of sulfonamides is 1. The lowest BCUT2D eigenvalue weighted by molar-refractivity contribution is 0.141. The van der Waals surface area contributed by atoms with Gasteiger partial charge in [-0.15, -0.1) is 0 Å². The Bertz CT molecular complexity index is 1130. The van der Waals surface area contributed by atoms with Gasteiger partial charge in [-0.05, 0) is 30.3 Å². The highest BCUT2D eigenvalue weighted by Gasteiger charge is 2.19. The number of ether oxygens (including phenoxy) is 2. The highest BCUT2D eigenvalue weighted by atomic mass is 32.2. The lowest BCUT2D eigenvalue weighted by Crippen LogP contribution is -2.16. The van der Waals surface area contributed by atoms with Gasteiger partial charge in [-0.25, -0.2) is 18.4 Å². The zero-order valence-electron chi connectivity index (χ0n) is 16.4. The average molecular weight is 426 g/mol. The molecule has 30 heavy (non-hydrogen) atoms. The standard InChI is InChI=1S/C21H22N4O4S/c1-30(26,27)25-16-6-4-5-15(11-16)24-21-12-19(22-14-23-21)18-7-2-3-8-20(18)29-17-9-10-28-13-17/h2-8,11-12,14,17,25H,9-10,13H2,1H3,(H,22,23,24). The molecule has 1 aromatic heterocycles. The van der Waals surface area contributed by atoms with E-state index in [9.17, 15) is 8.42 Å². The van der Waals surface area contributed by atoms with E-state index in [0.29, 0.717) is 36.1 Å².